The number of aromatic carboxylic acids is 1. The zero-order valence-electron chi connectivity index (χ0n) is 9.08. The van der Waals surface area contributed by atoms with Gasteiger partial charge in [0.1, 0.15) is 0 Å². The Kier molecular flexibility index (Phi) is 3.31. The number of nitrogens with zero attached hydrogens (tertiary/aromatic N) is 1. The Hall–Kier alpha value is -2.42. The summed E-state index contributed by atoms with van der Waals surface area (Å²) in [4.78, 5) is 14.9. The molecule has 1 heterocycles. The molecule has 0 atom stereocenters. The molecule has 0 bridgehead atoms. The molecule has 0 radical (unpaired) electrons. The Balaban J connectivity index is 2.22. The molecule has 84 valence electrons. The number of rotatable bonds is 3. The van der Waals surface area contributed by atoms with Gasteiger partial charge in [-0.25, -0.2) is 4.79 Å². The van der Waals surface area contributed by atoms with Crippen LogP contribution in [-0.2, 0) is 0 Å². The van der Waals surface area contributed by atoms with E-state index >= 15 is 0 Å². The molecule has 2 rings (SSSR count). The van der Waals surface area contributed by atoms with E-state index in [4.69, 9.17) is 5.11 Å². The molecule has 1 aromatic heterocycles. The van der Waals surface area contributed by atoms with Gasteiger partial charge in [-0.1, -0.05) is 36.4 Å². The zero-order valence-corrected chi connectivity index (χ0v) is 9.08. The average molecular weight is 225 g/mol. The number of benzene rings is 1. The molecule has 0 aliphatic rings. The van der Waals surface area contributed by atoms with E-state index in [1.54, 1.807) is 12.1 Å². The third-order valence-electron chi connectivity index (χ3n) is 2.27. The van der Waals surface area contributed by atoms with E-state index in [1.807, 2.05) is 36.4 Å². The number of hydrogen-bond donors (Lipinski definition) is 1. The number of hydrogen-bond acceptors (Lipinski definition) is 2. The van der Waals surface area contributed by atoms with E-state index in [0.717, 1.165) is 5.56 Å². The largest absolute Gasteiger partial charge is 0.478 e. The highest BCUT2D eigenvalue weighted by molar-refractivity contribution is 5.88. The van der Waals surface area contributed by atoms with Gasteiger partial charge in [-0.05, 0) is 23.8 Å². The first kappa shape index (κ1) is 11.1. The lowest BCUT2D eigenvalue weighted by Gasteiger charge is -1.96. The van der Waals surface area contributed by atoms with Crippen LogP contribution < -0.4 is 0 Å². The predicted molar refractivity (Wildman–Crippen MR) is 66.6 cm³/mol. The molecule has 0 aliphatic heterocycles. The van der Waals surface area contributed by atoms with Crippen LogP contribution >= 0.6 is 0 Å². The number of aromatic nitrogens is 1. The first-order valence-electron chi connectivity index (χ1n) is 5.18. The van der Waals surface area contributed by atoms with Crippen LogP contribution in [0.1, 0.15) is 21.6 Å². The van der Waals surface area contributed by atoms with Crippen LogP contribution in [0.15, 0.2) is 48.7 Å². The summed E-state index contributed by atoms with van der Waals surface area (Å²) < 4.78 is 0. The number of carboxylic acid groups (broad SMARTS) is 1. The molecule has 0 spiro atoms. The van der Waals surface area contributed by atoms with Gasteiger partial charge >= 0.3 is 5.97 Å². The molecule has 1 N–H and O–H groups in total. The fraction of sp³-hybridized carbons (Fsp3) is 0. The Bertz CT molecular complexity index is 547. The normalized spacial score (nSPS) is 10.6. The van der Waals surface area contributed by atoms with Crippen molar-refractivity contribution in [1.82, 2.24) is 4.98 Å². The first-order valence-corrected chi connectivity index (χ1v) is 5.18. The van der Waals surface area contributed by atoms with E-state index in [2.05, 4.69) is 4.98 Å². The minimum Gasteiger partial charge on any atom is -0.478 e. The zero-order chi connectivity index (χ0) is 12.1. The van der Waals surface area contributed by atoms with E-state index in [1.165, 1.54) is 12.3 Å². The minimum absolute atomic E-state index is 0.243. The lowest BCUT2D eigenvalue weighted by molar-refractivity contribution is 0.0696. The Morgan fingerprint density at radius 3 is 2.59 bits per heavy atom. The summed E-state index contributed by atoms with van der Waals surface area (Å²) >= 11 is 0. The molecule has 0 saturated carbocycles. The van der Waals surface area contributed by atoms with Gasteiger partial charge in [0.05, 0.1) is 11.3 Å². The smallest absolute Gasteiger partial charge is 0.335 e. The molecule has 0 saturated heterocycles. The van der Waals surface area contributed by atoms with Crippen molar-refractivity contribution in [2.75, 3.05) is 0 Å². The monoisotopic (exact) mass is 225 g/mol. The van der Waals surface area contributed by atoms with Gasteiger partial charge in [0, 0.05) is 6.20 Å². The third kappa shape index (κ3) is 3.01. The van der Waals surface area contributed by atoms with E-state index in [0.29, 0.717) is 5.69 Å². The number of carboxylic acids is 1. The maximum Gasteiger partial charge on any atom is 0.335 e. The van der Waals surface area contributed by atoms with Gasteiger partial charge in [0.25, 0.3) is 0 Å². The van der Waals surface area contributed by atoms with Crippen molar-refractivity contribution in [3.8, 4) is 0 Å². The van der Waals surface area contributed by atoms with Gasteiger partial charge in [0.15, 0.2) is 0 Å². The summed E-state index contributed by atoms with van der Waals surface area (Å²) in [5.41, 5.74) is 1.93. The van der Waals surface area contributed by atoms with Gasteiger partial charge in [-0.3, -0.25) is 4.98 Å². The summed E-state index contributed by atoms with van der Waals surface area (Å²) in [6.45, 7) is 0. The predicted octanol–water partition coefficient (Wildman–Crippen LogP) is 2.95. The van der Waals surface area contributed by atoms with Crippen LogP contribution in [0.3, 0.4) is 0 Å². The first-order chi connectivity index (χ1) is 8.25. The molecule has 17 heavy (non-hydrogen) atoms. The molecular formula is C14H11NO2. The van der Waals surface area contributed by atoms with Crippen LogP contribution in [-0.4, -0.2) is 16.1 Å². The molecule has 0 amide bonds. The van der Waals surface area contributed by atoms with Crippen molar-refractivity contribution in [1.29, 1.82) is 0 Å². The van der Waals surface area contributed by atoms with E-state index in [9.17, 15) is 4.79 Å². The second kappa shape index (κ2) is 5.07. The highest BCUT2D eigenvalue weighted by atomic mass is 16.4. The van der Waals surface area contributed by atoms with Crippen molar-refractivity contribution in [2.45, 2.75) is 0 Å². The molecule has 3 heteroatoms. The second-order valence-electron chi connectivity index (χ2n) is 3.52. The van der Waals surface area contributed by atoms with Crippen molar-refractivity contribution in [2.24, 2.45) is 0 Å². The van der Waals surface area contributed by atoms with Gasteiger partial charge in [-0.15, -0.1) is 0 Å². The Morgan fingerprint density at radius 1 is 1.12 bits per heavy atom. The topological polar surface area (TPSA) is 50.2 Å². The summed E-state index contributed by atoms with van der Waals surface area (Å²) in [7, 11) is 0. The Morgan fingerprint density at radius 2 is 1.88 bits per heavy atom. The fourth-order valence-corrected chi connectivity index (χ4v) is 1.42. The van der Waals surface area contributed by atoms with Crippen molar-refractivity contribution >= 4 is 18.1 Å². The summed E-state index contributed by atoms with van der Waals surface area (Å²) in [5.74, 6) is -0.943. The van der Waals surface area contributed by atoms with Crippen molar-refractivity contribution < 1.29 is 9.90 Å². The molecule has 3 nitrogen and oxygen atoms in total. The minimum atomic E-state index is -0.943. The third-order valence-corrected chi connectivity index (χ3v) is 2.27. The quantitative estimate of drug-likeness (QED) is 0.873. The molecular weight excluding hydrogens is 214 g/mol. The van der Waals surface area contributed by atoms with Crippen LogP contribution in [0.2, 0.25) is 0 Å². The highest BCUT2D eigenvalue weighted by Gasteiger charge is 2.01. The molecule has 0 unspecified atom stereocenters. The number of pyridine rings is 1. The van der Waals surface area contributed by atoms with E-state index < -0.39 is 5.97 Å². The van der Waals surface area contributed by atoms with Crippen LogP contribution in [0.4, 0.5) is 0 Å². The molecule has 1 aromatic carbocycles. The van der Waals surface area contributed by atoms with Crippen LogP contribution in [0.5, 0.6) is 0 Å². The summed E-state index contributed by atoms with van der Waals surface area (Å²) in [6.07, 6.45) is 5.18. The maximum atomic E-state index is 10.8. The SMILES string of the molecule is O=C(O)c1ccnc(/C=C/c2ccccc2)c1. The lowest BCUT2D eigenvalue weighted by Crippen LogP contribution is -1.96. The summed E-state index contributed by atoms with van der Waals surface area (Å²) in [5, 5.41) is 8.84. The maximum absolute atomic E-state index is 10.8. The second-order valence-corrected chi connectivity index (χ2v) is 3.52. The van der Waals surface area contributed by atoms with Crippen molar-refractivity contribution in [3.05, 3.63) is 65.5 Å². The van der Waals surface area contributed by atoms with Crippen LogP contribution in [0, 0.1) is 0 Å². The lowest BCUT2D eigenvalue weighted by atomic mass is 10.2. The standard InChI is InChI=1S/C14H11NO2/c16-14(17)12-8-9-15-13(10-12)7-6-11-4-2-1-3-5-11/h1-10H,(H,16,17)/b7-6+. The molecule has 0 aliphatic carbocycles. The van der Waals surface area contributed by atoms with Gasteiger partial charge in [-0.2, -0.15) is 0 Å². The van der Waals surface area contributed by atoms with Gasteiger partial charge < -0.3 is 5.11 Å². The van der Waals surface area contributed by atoms with Crippen molar-refractivity contribution in [3.63, 3.8) is 0 Å². The number of carbonyl (C=O) groups is 1. The van der Waals surface area contributed by atoms with Gasteiger partial charge in [0.2, 0.25) is 0 Å². The summed E-state index contributed by atoms with van der Waals surface area (Å²) in [6, 6.07) is 12.8. The van der Waals surface area contributed by atoms with Crippen LogP contribution in [0.25, 0.3) is 12.2 Å². The fourth-order valence-electron chi connectivity index (χ4n) is 1.42. The Labute approximate surface area is 99.1 Å². The van der Waals surface area contributed by atoms with E-state index in [-0.39, 0.29) is 5.56 Å². The highest BCUT2D eigenvalue weighted by Crippen LogP contribution is 2.07. The average Bonchev–Trinajstić information content (AvgIpc) is 2.38. The molecule has 0 fully saturated rings. The molecule has 2 aromatic rings.